The second kappa shape index (κ2) is 10.7. The van der Waals surface area contributed by atoms with E-state index in [1.165, 1.54) is 0 Å². The van der Waals surface area contributed by atoms with Crippen molar-refractivity contribution < 1.29 is 14.3 Å². The van der Waals surface area contributed by atoms with Crippen LogP contribution in [0.3, 0.4) is 0 Å². The highest BCUT2D eigenvalue weighted by atomic mass is 16.5. The summed E-state index contributed by atoms with van der Waals surface area (Å²) < 4.78 is 5.38. The van der Waals surface area contributed by atoms with Gasteiger partial charge >= 0.3 is 6.09 Å². The van der Waals surface area contributed by atoms with Crippen molar-refractivity contribution in [2.75, 3.05) is 17.3 Å². The molecular weight excluding hydrogens is 458 g/mol. The molecule has 0 fully saturated rings. The largest absolute Gasteiger partial charge is 0.445 e. The second-order valence-corrected chi connectivity index (χ2v) is 10.4. The number of carbonyl (C=O) groups is 2. The van der Waals surface area contributed by atoms with Gasteiger partial charge in [0.25, 0.3) is 5.95 Å². The van der Waals surface area contributed by atoms with E-state index >= 15 is 0 Å². The van der Waals surface area contributed by atoms with E-state index in [1.54, 1.807) is 36.2 Å². The molecule has 2 amide bonds. The minimum Gasteiger partial charge on any atom is -0.445 e. The normalized spacial score (nSPS) is 11.5. The molecule has 2 aromatic carbocycles. The molecule has 0 saturated heterocycles. The summed E-state index contributed by atoms with van der Waals surface area (Å²) in [5, 5.41) is 22.6. The molecular formula is C26H33N7O3. The van der Waals surface area contributed by atoms with Crippen LogP contribution in [0.25, 0.3) is 11.4 Å². The number of benzene rings is 2. The number of nitrogens with zero attached hydrogens (tertiary/aromatic N) is 5. The number of ether oxygens (including phenoxy) is 1. The van der Waals surface area contributed by atoms with Crippen molar-refractivity contribution in [3.63, 3.8) is 0 Å². The Morgan fingerprint density at radius 2 is 1.50 bits per heavy atom. The lowest BCUT2D eigenvalue weighted by Gasteiger charge is -2.22. The average Bonchev–Trinajstić information content (AvgIpc) is 2.81. The van der Waals surface area contributed by atoms with Crippen LogP contribution in [-0.2, 0) is 16.1 Å². The van der Waals surface area contributed by atoms with E-state index in [0.29, 0.717) is 17.5 Å². The molecule has 0 unspecified atom stereocenters. The molecule has 0 bridgehead atoms. The molecule has 0 spiro atoms. The zero-order valence-corrected chi connectivity index (χ0v) is 21.8. The topological polar surface area (TPSA) is 122 Å². The smallest absolute Gasteiger partial charge is 0.407 e. The molecule has 3 rings (SSSR count). The van der Waals surface area contributed by atoms with Gasteiger partial charge in [-0.25, -0.2) is 4.79 Å². The number of amides is 2. The van der Waals surface area contributed by atoms with Gasteiger partial charge in [0.05, 0.1) is 5.69 Å². The predicted octanol–water partition coefficient (Wildman–Crippen LogP) is 4.71. The molecule has 0 radical (unpaired) electrons. The van der Waals surface area contributed by atoms with Gasteiger partial charge in [0, 0.05) is 34.8 Å². The van der Waals surface area contributed by atoms with Crippen molar-refractivity contribution in [2.24, 2.45) is 5.41 Å². The third-order valence-corrected chi connectivity index (χ3v) is 5.04. The quantitative estimate of drug-likeness (QED) is 0.508. The number of para-hydroxylation sites is 1. The number of alkyl carbamates (subject to hydrolysis) is 1. The van der Waals surface area contributed by atoms with E-state index in [2.05, 4.69) is 31.0 Å². The van der Waals surface area contributed by atoms with Gasteiger partial charge in [-0.05, 0) is 51.1 Å². The van der Waals surface area contributed by atoms with E-state index in [9.17, 15) is 9.59 Å². The van der Waals surface area contributed by atoms with Crippen molar-refractivity contribution >= 4 is 29.3 Å². The van der Waals surface area contributed by atoms with E-state index < -0.39 is 11.5 Å². The SMILES string of the molecule is CN(c1nnc(-c2ccc(NC(=O)C(C)(C)C)cc2)nn1)c1ccccc1COC(=O)NC(C)(C)C. The standard InChI is InChI=1S/C26H33N7O3/c1-25(2,3)22(34)27-19-14-12-17(13-15-19)21-29-31-23(32-30-21)33(7)20-11-9-8-10-18(20)16-36-24(35)28-26(4,5)6/h8-15H,16H2,1-7H3,(H,27,34)(H,28,35). The van der Waals surface area contributed by atoms with Gasteiger partial charge in [-0.1, -0.05) is 39.0 Å². The molecule has 0 aliphatic rings. The van der Waals surface area contributed by atoms with Crippen molar-refractivity contribution in [3.05, 3.63) is 54.1 Å². The molecule has 0 saturated carbocycles. The summed E-state index contributed by atoms with van der Waals surface area (Å²) in [6, 6.07) is 14.7. The molecule has 10 nitrogen and oxygen atoms in total. The van der Waals surface area contributed by atoms with Crippen LogP contribution in [0.5, 0.6) is 0 Å². The number of carbonyl (C=O) groups excluding carboxylic acids is 2. The number of nitrogens with one attached hydrogen (secondary N) is 2. The predicted molar refractivity (Wildman–Crippen MR) is 139 cm³/mol. The minimum atomic E-state index is -0.493. The van der Waals surface area contributed by atoms with Crippen LogP contribution in [0.4, 0.5) is 22.1 Å². The highest BCUT2D eigenvalue weighted by Crippen LogP contribution is 2.25. The molecule has 0 atom stereocenters. The molecule has 1 heterocycles. The van der Waals surface area contributed by atoms with Crippen LogP contribution >= 0.6 is 0 Å². The Kier molecular flexibility index (Phi) is 7.87. The summed E-state index contributed by atoms with van der Waals surface area (Å²) in [7, 11) is 1.79. The molecule has 36 heavy (non-hydrogen) atoms. The summed E-state index contributed by atoms with van der Waals surface area (Å²) in [6.45, 7) is 11.3. The molecule has 190 valence electrons. The molecule has 0 aliphatic heterocycles. The molecule has 2 N–H and O–H groups in total. The summed E-state index contributed by atoms with van der Waals surface area (Å²) in [6.07, 6.45) is -0.493. The number of rotatable bonds is 6. The van der Waals surface area contributed by atoms with Crippen molar-refractivity contribution in [1.82, 2.24) is 25.7 Å². The van der Waals surface area contributed by atoms with Gasteiger partial charge in [-0.2, -0.15) is 0 Å². The van der Waals surface area contributed by atoms with Gasteiger partial charge in [0.2, 0.25) is 11.7 Å². The van der Waals surface area contributed by atoms with Crippen LogP contribution in [-0.4, -0.2) is 45.0 Å². The lowest BCUT2D eigenvalue weighted by molar-refractivity contribution is -0.123. The molecule has 1 aromatic heterocycles. The Bertz CT molecular complexity index is 1200. The maximum absolute atomic E-state index is 12.2. The minimum absolute atomic E-state index is 0.0669. The summed E-state index contributed by atoms with van der Waals surface area (Å²) in [4.78, 5) is 26.0. The van der Waals surface area contributed by atoms with Gasteiger partial charge in [-0.15, -0.1) is 20.4 Å². The maximum Gasteiger partial charge on any atom is 0.407 e. The van der Waals surface area contributed by atoms with Gasteiger partial charge in [0.15, 0.2) is 0 Å². The highest BCUT2D eigenvalue weighted by molar-refractivity contribution is 5.94. The third-order valence-electron chi connectivity index (χ3n) is 5.04. The Balaban J connectivity index is 1.70. The zero-order valence-electron chi connectivity index (χ0n) is 21.8. The lowest BCUT2D eigenvalue weighted by Crippen LogP contribution is -2.40. The third kappa shape index (κ3) is 7.21. The first-order chi connectivity index (χ1) is 16.8. The Morgan fingerprint density at radius 3 is 2.08 bits per heavy atom. The van der Waals surface area contributed by atoms with E-state index in [4.69, 9.17) is 4.74 Å². The summed E-state index contributed by atoms with van der Waals surface area (Å²) in [5.41, 5.74) is 2.07. The van der Waals surface area contributed by atoms with Crippen LogP contribution in [0.2, 0.25) is 0 Å². The maximum atomic E-state index is 12.2. The van der Waals surface area contributed by atoms with Gasteiger partial charge < -0.3 is 20.3 Å². The Hall–Kier alpha value is -4.08. The summed E-state index contributed by atoms with van der Waals surface area (Å²) >= 11 is 0. The first-order valence-electron chi connectivity index (χ1n) is 11.6. The number of hydrogen-bond donors (Lipinski definition) is 2. The van der Waals surface area contributed by atoms with Crippen molar-refractivity contribution in [3.8, 4) is 11.4 Å². The van der Waals surface area contributed by atoms with Crippen LogP contribution < -0.4 is 15.5 Å². The Morgan fingerprint density at radius 1 is 0.889 bits per heavy atom. The van der Waals surface area contributed by atoms with Crippen LogP contribution in [0.15, 0.2) is 48.5 Å². The monoisotopic (exact) mass is 491 g/mol. The first-order valence-corrected chi connectivity index (χ1v) is 11.6. The number of aromatic nitrogens is 4. The highest BCUT2D eigenvalue weighted by Gasteiger charge is 2.21. The Labute approximate surface area is 211 Å². The fourth-order valence-corrected chi connectivity index (χ4v) is 3.05. The van der Waals surface area contributed by atoms with Gasteiger partial charge in [-0.3, -0.25) is 4.79 Å². The van der Waals surface area contributed by atoms with Crippen molar-refractivity contribution in [1.29, 1.82) is 0 Å². The molecule has 10 heteroatoms. The molecule has 3 aromatic rings. The van der Waals surface area contributed by atoms with Crippen LogP contribution in [0.1, 0.15) is 47.1 Å². The van der Waals surface area contributed by atoms with E-state index in [-0.39, 0.29) is 18.1 Å². The summed E-state index contributed by atoms with van der Waals surface area (Å²) in [5.74, 6) is 0.582. The van der Waals surface area contributed by atoms with E-state index in [0.717, 1.165) is 16.8 Å². The fraction of sp³-hybridized carbons (Fsp3) is 0.385. The molecule has 0 aliphatic carbocycles. The first kappa shape index (κ1) is 26.5. The lowest BCUT2D eigenvalue weighted by atomic mass is 9.95. The van der Waals surface area contributed by atoms with Crippen LogP contribution in [0, 0.1) is 5.41 Å². The number of hydrogen-bond acceptors (Lipinski definition) is 8. The van der Waals surface area contributed by atoms with Crippen molar-refractivity contribution in [2.45, 2.75) is 53.7 Å². The average molecular weight is 492 g/mol. The second-order valence-electron chi connectivity index (χ2n) is 10.4. The number of anilines is 3. The zero-order chi connectivity index (χ0) is 26.5. The fourth-order valence-electron chi connectivity index (χ4n) is 3.05. The van der Waals surface area contributed by atoms with Gasteiger partial charge in [0.1, 0.15) is 6.61 Å². The van der Waals surface area contributed by atoms with E-state index in [1.807, 2.05) is 65.8 Å².